The minimum Gasteiger partial charge on any atom is -0.511 e. The van der Waals surface area contributed by atoms with E-state index in [0.29, 0.717) is 0 Å². The van der Waals surface area contributed by atoms with Crippen LogP contribution in [0.3, 0.4) is 0 Å². The highest BCUT2D eigenvalue weighted by molar-refractivity contribution is 6.22. The molecule has 0 unspecified atom stereocenters. The third-order valence-corrected chi connectivity index (χ3v) is 0.879. The Labute approximate surface area is 67.3 Å². The smallest absolute Gasteiger partial charge is 0.509 e. The van der Waals surface area contributed by atoms with Crippen LogP contribution in [-0.2, 0) is 14.1 Å². The SMILES string of the molecule is CC(C)(C)OBOC(=O)CN. The third-order valence-electron chi connectivity index (χ3n) is 0.879. The zero-order valence-corrected chi connectivity index (χ0v) is 7.22. The second-order valence-electron chi connectivity index (χ2n) is 3.10. The van der Waals surface area contributed by atoms with Crippen molar-refractivity contribution in [2.45, 2.75) is 26.4 Å². The first-order valence-electron chi connectivity index (χ1n) is 3.45. The van der Waals surface area contributed by atoms with Crippen LogP contribution in [0.2, 0.25) is 0 Å². The van der Waals surface area contributed by atoms with Gasteiger partial charge in [-0.1, -0.05) is 0 Å². The quantitative estimate of drug-likeness (QED) is 0.567. The first-order chi connectivity index (χ1) is 4.95. The van der Waals surface area contributed by atoms with E-state index in [4.69, 9.17) is 10.4 Å². The molecule has 0 amide bonds. The minimum atomic E-state index is -0.450. The number of nitrogens with two attached hydrogens (primary N) is 1. The number of hydrogen-bond donors (Lipinski definition) is 1. The second-order valence-corrected chi connectivity index (χ2v) is 3.10. The molecule has 0 radical (unpaired) electrons. The van der Waals surface area contributed by atoms with Crippen molar-refractivity contribution >= 4 is 13.7 Å². The molecular weight excluding hydrogens is 145 g/mol. The van der Waals surface area contributed by atoms with Crippen LogP contribution in [0.4, 0.5) is 0 Å². The molecule has 0 fully saturated rings. The summed E-state index contributed by atoms with van der Waals surface area (Å²) in [5, 5.41) is 0. The van der Waals surface area contributed by atoms with Gasteiger partial charge in [0.2, 0.25) is 0 Å². The molecule has 64 valence electrons. The maximum Gasteiger partial charge on any atom is 0.509 e. The van der Waals surface area contributed by atoms with Crippen LogP contribution in [0.25, 0.3) is 0 Å². The van der Waals surface area contributed by atoms with E-state index in [1.54, 1.807) is 0 Å². The zero-order chi connectivity index (χ0) is 8.91. The standard InChI is InChI=1S/C6H14BNO3/c1-6(2,3)11-7-10-5(9)4-8/h7H,4,8H2,1-3H3. The maximum atomic E-state index is 10.5. The van der Waals surface area contributed by atoms with E-state index in [9.17, 15) is 4.79 Å². The average molecular weight is 159 g/mol. The van der Waals surface area contributed by atoms with Crippen LogP contribution >= 0.6 is 0 Å². The Balaban J connectivity index is 3.35. The summed E-state index contributed by atoms with van der Waals surface area (Å²) in [7, 11) is -0.0282. The van der Waals surface area contributed by atoms with E-state index in [1.807, 2.05) is 20.8 Å². The summed E-state index contributed by atoms with van der Waals surface area (Å²) in [6.45, 7) is 5.53. The highest BCUT2D eigenvalue weighted by Crippen LogP contribution is 2.04. The monoisotopic (exact) mass is 159 g/mol. The Morgan fingerprint density at radius 1 is 1.55 bits per heavy atom. The fourth-order valence-electron chi connectivity index (χ4n) is 0.331. The van der Waals surface area contributed by atoms with Gasteiger partial charge in [0.1, 0.15) is 0 Å². The van der Waals surface area contributed by atoms with Crippen molar-refractivity contribution in [3.05, 3.63) is 0 Å². The largest absolute Gasteiger partial charge is 0.511 e. The Morgan fingerprint density at radius 3 is 2.45 bits per heavy atom. The lowest BCUT2D eigenvalue weighted by Crippen LogP contribution is -2.27. The maximum absolute atomic E-state index is 10.5. The van der Waals surface area contributed by atoms with Gasteiger partial charge in [-0.3, -0.25) is 4.79 Å². The molecule has 4 nitrogen and oxygen atoms in total. The molecule has 0 spiro atoms. The van der Waals surface area contributed by atoms with Gasteiger partial charge in [-0.15, -0.1) is 0 Å². The van der Waals surface area contributed by atoms with Crippen molar-refractivity contribution in [2.75, 3.05) is 6.54 Å². The van der Waals surface area contributed by atoms with Gasteiger partial charge >= 0.3 is 13.7 Å². The summed E-state index contributed by atoms with van der Waals surface area (Å²) in [4.78, 5) is 10.5. The lowest BCUT2D eigenvalue weighted by atomic mass is 10.1. The lowest BCUT2D eigenvalue weighted by molar-refractivity contribution is -0.134. The Bertz CT molecular complexity index is 132. The first-order valence-corrected chi connectivity index (χ1v) is 3.45. The van der Waals surface area contributed by atoms with E-state index in [0.717, 1.165) is 0 Å². The van der Waals surface area contributed by atoms with Crippen LogP contribution in [0.15, 0.2) is 0 Å². The van der Waals surface area contributed by atoms with E-state index >= 15 is 0 Å². The van der Waals surface area contributed by atoms with Gasteiger partial charge in [0.05, 0.1) is 6.54 Å². The van der Waals surface area contributed by atoms with Gasteiger partial charge in [-0.05, 0) is 20.8 Å². The van der Waals surface area contributed by atoms with Crippen molar-refractivity contribution in [3.8, 4) is 0 Å². The highest BCUT2D eigenvalue weighted by atomic mass is 16.6. The summed E-state index contributed by atoms with van der Waals surface area (Å²) >= 11 is 0. The van der Waals surface area contributed by atoms with Crippen LogP contribution in [0, 0.1) is 0 Å². The van der Waals surface area contributed by atoms with Gasteiger partial charge < -0.3 is 15.0 Å². The van der Waals surface area contributed by atoms with Gasteiger partial charge in [0.25, 0.3) is 0 Å². The molecule has 5 heteroatoms. The van der Waals surface area contributed by atoms with Gasteiger partial charge in [-0.25, -0.2) is 0 Å². The molecule has 0 saturated heterocycles. The number of carbonyl (C=O) groups is 1. The number of rotatable bonds is 3. The van der Waals surface area contributed by atoms with Crippen LogP contribution in [0.5, 0.6) is 0 Å². The highest BCUT2D eigenvalue weighted by Gasteiger charge is 2.12. The fourth-order valence-corrected chi connectivity index (χ4v) is 0.331. The van der Waals surface area contributed by atoms with Crippen LogP contribution in [0.1, 0.15) is 20.8 Å². The summed E-state index contributed by atoms with van der Waals surface area (Å²) in [6.07, 6.45) is 0. The first kappa shape index (κ1) is 10.5. The van der Waals surface area contributed by atoms with Crippen molar-refractivity contribution < 1.29 is 14.1 Å². The van der Waals surface area contributed by atoms with Crippen molar-refractivity contribution in [1.82, 2.24) is 0 Å². The van der Waals surface area contributed by atoms with E-state index in [1.165, 1.54) is 0 Å². The molecule has 0 aliphatic rings. The van der Waals surface area contributed by atoms with E-state index < -0.39 is 5.97 Å². The van der Waals surface area contributed by atoms with E-state index in [-0.39, 0.29) is 19.8 Å². The molecule has 0 saturated carbocycles. The minimum absolute atomic E-state index is 0.0282. The van der Waals surface area contributed by atoms with Crippen molar-refractivity contribution in [2.24, 2.45) is 5.73 Å². The third kappa shape index (κ3) is 7.35. The Hall–Kier alpha value is -0.545. The molecular formula is C6H14BNO3. The molecule has 0 atom stereocenters. The Kier molecular flexibility index (Phi) is 4.14. The average Bonchev–Trinajstić information content (AvgIpc) is 1.85. The molecule has 2 N–H and O–H groups in total. The molecule has 11 heavy (non-hydrogen) atoms. The zero-order valence-electron chi connectivity index (χ0n) is 7.22. The van der Waals surface area contributed by atoms with Gasteiger partial charge in [-0.2, -0.15) is 0 Å². The normalized spacial score (nSPS) is 10.9. The topological polar surface area (TPSA) is 61.5 Å². The summed E-state index contributed by atoms with van der Waals surface area (Å²) in [6, 6.07) is 0. The Morgan fingerprint density at radius 2 is 2.09 bits per heavy atom. The van der Waals surface area contributed by atoms with Crippen molar-refractivity contribution in [1.29, 1.82) is 0 Å². The van der Waals surface area contributed by atoms with Gasteiger partial charge in [0, 0.05) is 5.60 Å². The molecule has 0 aliphatic carbocycles. The molecule has 0 heterocycles. The predicted molar refractivity (Wildman–Crippen MR) is 43.1 cm³/mol. The molecule has 0 aliphatic heterocycles. The van der Waals surface area contributed by atoms with Crippen molar-refractivity contribution in [3.63, 3.8) is 0 Å². The van der Waals surface area contributed by atoms with Crippen LogP contribution in [-0.4, -0.2) is 25.8 Å². The molecule has 0 aromatic heterocycles. The molecule has 0 aromatic carbocycles. The number of carbonyl (C=O) groups excluding carboxylic acids is 1. The number of hydrogen-bond acceptors (Lipinski definition) is 4. The summed E-state index contributed by atoms with van der Waals surface area (Å²) in [5.74, 6) is -0.450. The molecule has 0 aromatic rings. The second kappa shape index (κ2) is 4.36. The lowest BCUT2D eigenvalue weighted by Gasteiger charge is -2.18. The van der Waals surface area contributed by atoms with Crippen LogP contribution < -0.4 is 5.73 Å². The summed E-state index contributed by atoms with van der Waals surface area (Å²) < 4.78 is 9.68. The predicted octanol–water partition coefficient (Wildman–Crippen LogP) is -0.430. The molecule has 0 bridgehead atoms. The fraction of sp³-hybridized carbons (Fsp3) is 0.833. The molecule has 0 rings (SSSR count). The summed E-state index contributed by atoms with van der Waals surface area (Å²) in [5.41, 5.74) is 4.71. The van der Waals surface area contributed by atoms with E-state index in [2.05, 4.69) is 4.65 Å². The van der Waals surface area contributed by atoms with Gasteiger partial charge in [0.15, 0.2) is 0 Å².